The van der Waals surface area contributed by atoms with E-state index >= 15 is 0 Å². The summed E-state index contributed by atoms with van der Waals surface area (Å²) in [6.45, 7) is 6.28. The van der Waals surface area contributed by atoms with E-state index in [2.05, 4.69) is 130 Å². The van der Waals surface area contributed by atoms with Gasteiger partial charge in [-0.25, -0.2) is 0 Å². The second-order valence-electron chi connectivity index (χ2n) is 16.0. The SMILES string of the molecule is CC\C=C/C=C\C=C/CCCCCCCCCC(=O)OC(COC(=O)CCC/C=C\C/C=C\C/C=C\C/C=C\CCCCC)COC(=O)CCCCCCC/C=C\C/C=C\CC. The zero-order valence-corrected chi connectivity index (χ0v) is 39.8. The van der Waals surface area contributed by atoms with Crippen LogP contribution in [0.5, 0.6) is 0 Å². The molecule has 0 aromatic carbocycles. The lowest BCUT2D eigenvalue weighted by Crippen LogP contribution is -2.30. The Labute approximate surface area is 380 Å². The number of rotatable bonds is 43. The van der Waals surface area contributed by atoms with Gasteiger partial charge in [0.25, 0.3) is 0 Å². The number of unbranched alkanes of at least 4 members (excludes halogenated alkanes) is 16. The fraction of sp³-hybridized carbons (Fsp3) is 0.625. The normalized spacial score (nSPS) is 13.0. The molecule has 0 heterocycles. The molecule has 0 rings (SSSR count). The zero-order chi connectivity index (χ0) is 45.1. The van der Waals surface area contributed by atoms with Crippen molar-refractivity contribution in [2.75, 3.05) is 13.2 Å². The molecule has 1 atom stereocenters. The average molecular weight is 859 g/mol. The molecule has 0 saturated carbocycles. The monoisotopic (exact) mass is 859 g/mol. The van der Waals surface area contributed by atoms with Gasteiger partial charge in [-0.15, -0.1) is 0 Å². The van der Waals surface area contributed by atoms with E-state index in [1.807, 2.05) is 0 Å². The van der Waals surface area contributed by atoms with Crippen molar-refractivity contribution in [2.24, 2.45) is 0 Å². The van der Waals surface area contributed by atoms with Gasteiger partial charge < -0.3 is 14.2 Å². The van der Waals surface area contributed by atoms with Crippen LogP contribution in [0.4, 0.5) is 0 Å². The number of esters is 3. The van der Waals surface area contributed by atoms with Gasteiger partial charge in [-0.05, 0) is 103 Å². The smallest absolute Gasteiger partial charge is 0.306 e. The van der Waals surface area contributed by atoms with Crippen molar-refractivity contribution in [3.05, 3.63) is 109 Å². The van der Waals surface area contributed by atoms with Crippen molar-refractivity contribution in [3.8, 4) is 0 Å². The number of carbonyl (C=O) groups excluding carboxylic acids is 3. The highest BCUT2D eigenvalue weighted by atomic mass is 16.6. The molecule has 6 heteroatoms. The molecular formula is C56H90O6. The van der Waals surface area contributed by atoms with Gasteiger partial charge in [0.1, 0.15) is 13.2 Å². The molecule has 0 aromatic heterocycles. The van der Waals surface area contributed by atoms with Gasteiger partial charge in [0, 0.05) is 19.3 Å². The zero-order valence-electron chi connectivity index (χ0n) is 39.8. The van der Waals surface area contributed by atoms with E-state index in [9.17, 15) is 14.4 Å². The van der Waals surface area contributed by atoms with Gasteiger partial charge in [-0.3, -0.25) is 14.4 Å². The van der Waals surface area contributed by atoms with E-state index in [1.165, 1.54) is 44.9 Å². The van der Waals surface area contributed by atoms with Crippen molar-refractivity contribution in [2.45, 2.75) is 213 Å². The number of hydrogen-bond acceptors (Lipinski definition) is 6. The number of carbonyl (C=O) groups is 3. The summed E-state index contributed by atoms with van der Waals surface area (Å²) in [6.07, 6.45) is 66.5. The van der Waals surface area contributed by atoms with Gasteiger partial charge in [0.2, 0.25) is 0 Å². The molecule has 0 amide bonds. The van der Waals surface area contributed by atoms with E-state index in [-0.39, 0.29) is 37.5 Å². The van der Waals surface area contributed by atoms with Crippen LogP contribution in [-0.2, 0) is 28.6 Å². The fourth-order valence-electron chi connectivity index (χ4n) is 6.35. The Kier molecular flexibility index (Phi) is 46.6. The molecule has 0 fully saturated rings. The number of hydrogen-bond donors (Lipinski definition) is 0. The molecule has 0 saturated heterocycles. The van der Waals surface area contributed by atoms with Crippen LogP contribution in [0.25, 0.3) is 0 Å². The topological polar surface area (TPSA) is 78.9 Å². The first-order valence-electron chi connectivity index (χ1n) is 24.9. The average Bonchev–Trinajstić information content (AvgIpc) is 3.27. The Bertz CT molecular complexity index is 1310. The maximum absolute atomic E-state index is 12.8. The Morgan fingerprint density at radius 3 is 1.23 bits per heavy atom. The lowest BCUT2D eigenvalue weighted by atomic mass is 10.1. The van der Waals surface area contributed by atoms with Crippen LogP contribution >= 0.6 is 0 Å². The quantitative estimate of drug-likeness (QED) is 0.0200. The van der Waals surface area contributed by atoms with Crippen LogP contribution in [0.2, 0.25) is 0 Å². The lowest BCUT2D eigenvalue weighted by Gasteiger charge is -2.18. The van der Waals surface area contributed by atoms with Crippen LogP contribution in [0.3, 0.4) is 0 Å². The maximum Gasteiger partial charge on any atom is 0.306 e. The fourth-order valence-corrected chi connectivity index (χ4v) is 6.35. The molecule has 350 valence electrons. The molecule has 1 unspecified atom stereocenters. The molecule has 0 N–H and O–H groups in total. The van der Waals surface area contributed by atoms with E-state index in [0.29, 0.717) is 19.3 Å². The van der Waals surface area contributed by atoms with E-state index < -0.39 is 6.10 Å². The van der Waals surface area contributed by atoms with Crippen molar-refractivity contribution in [3.63, 3.8) is 0 Å². The molecule has 0 spiro atoms. The Morgan fingerprint density at radius 2 is 0.726 bits per heavy atom. The third-order valence-electron chi connectivity index (χ3n) is 10.1. The molecule has 0 aromatic rings. The Morgan fingerprint density at radius 1 is 0.355 bits per heavy atom. The van der Waals surface area contributed by atoms with Crippen LogP contribution in [0, 0.1) is 0 Å². The summed E-state index contributed by atoms with van der Waals surface area (Å²) >= 11 is 0. The highest BCUT2D eigenvalue weighted by Gasteiger charge is 2.19. The minimum Gasteiger partial charge on any atom is -0.462 e. The molecule has 0 aliphatic heterocycles. The van der Waals surface area contributed by atoms with Crippen LogP contribution in [0.1, 0.15) is 207 Å². The van der Waals surface area contributed by atoms with Gasteiger partial charge in [-0.2, -0.15) is 0 Å². The van der Waals surface area contributed by atoms with Gasteiger partial charge >= 0.3 is 17.9 Å². The summed E-state index contributed by atoms with van der Waals surface area (Å²) < 4.78 is 16.7. The summed E-state index contributed by atoms with van der Waals surface area (Å²) in [5.41, 5.74) is 0. The third-order valence-corrected chi connectivity index (χ3v) is 10.1. The first-order valence-corrected chi connectivity index (χ1v) is 24.9. The highest BCUT2D eigenvalue weighted by molar-refractivity contribution is 5.71. The predicted octanol–water partition coefficient (Wildman–Crippen LogP) is 16.4. The van der Waals surface area contributed by atoms with Crippen LogP contribution in [-0.4, -0.2) is 37.2 Å². The first-order chi connectivity index (χ1) is 30.5. The van der Waals surface area contributed by atoms with Crippen molar-refractivity contribution in [1.29, 1.82) is 0 Å². The second kappa shape index (κ2) is 49.7. The predicted molar refractivity (Wildman–Crippen MR) is 265 cm³/mol. The van der Waals surface area contributed by atoms with E-state index in [4.69, 9.17) is 14.2 Å². The summed E-state index contributed by atoms with van der Waals surface area (Å²) in [5, 5.41) is 0. The lowest BCUT2D eigenvalue weighted by molar-refractivity contribution is -0.167. The van der Waals surface area contributed by atoms with E-state index in [0.717, 1.165) is 116 Å². The molecule has 0 radical (unpaired) electrons. The molecule has 0 aliphatic rings. The van der Waals surface area contributed by atoms with Crippen molar-refractivity contribution >= 4 is 17.9 Å². The highest BCUT2D eigenvalue weighted by Crippen LogP contribution is 2.13. The number of allylic oxidation sites excluding steroid dienone is 18. The van der Waals surface area contributed by atoms with Crippen LogP contribution in [0.15, 0.2) is 109 Å². The second-order valence-corrected chi connectivity index (χ2v) is 16.0. The third kappa shape index (κ3) is 47.1. The van der Waals surface area contributed by atoms with Gasteiger partial charge in [0.15, 0.2) is 6.10 Å². The molecule has 6 nitrogen and oxygen atoms in total. The van der Waals surface area contributed by atoms with Gasteiger partial charge in [-0.1, -0.05) is 194 Å². The summed E-state index contributed by atoms with van der Waals surface area (Å²) in [6, 6.07) is 0. The number of ether oxygens (including phenoxy) is 3. The van der Waals surface area contributed by atoms with E-state index in [1.54, 1.807) is 0 Å². The van der Waals surface area contributed by atoms with Crippen molar-refractivity contribution in [1.82, 2.24) is 0 Å². The minimum absolute atomic E-state index is 0.110. The summed E-state index contributed by atoms with van der Waals surface area (Å²) in [5.74, 6) is -1.00. The molecular weight excluding hydrogens is 769 g/mol. The molecule has 0 aliphatic carbocycles. The van der Waals surface area contributed by atoms with Crippen molar-refractivity contribution < 1.29 is 28.6 Å². The Balaban J connectivity index is 4.52. The largest absolute Gasteiger partial charge is 0.462 e. The maximum atomic E-state index is 12.8. The standard InChI is InChI=1S/C56H90O6/c1-4-7-10-13-16-19-22-25-27-28-30-31-34-37-40-43-46-49-55(58)61-52-53(51-60-54(57)48-45-42-39-36-33-24-21-18-15-12-9-6-3)62-56(59)50-47-44-41-38-35-32-29-26-23-20-17-14-11-8-5-2/h8-9,11-12,14,16-21,23,25,27,30-31,37,40,53H,4-7,10,13,15,22,24,26,28-29,32-36,38-39,41-52H2,1-3H3/b11-8-,12-9-,17-14-,19-16-,21-18-,23-20-,27-25-,31-30-,40-37-. The van der Waals surface area contributed by atoms with Crippen LogP contribution < -0.4 is 0 Å². The molecule has 0 bridgehead atoms. The minimum atomic E-state index is -0.813. The first kappa shape index (κ1) is 58.1. The summed E-state index contributed by atoms with van der Waals surface area (Å²) in [7, 11) is 0. The molecule has 62 heavy (non-hydrogen) atoms. The van der Waals surface area contributed by atoms with Gasteiger partial charge in [0.05, 0.1) is 0 Å². The summed E-state index contributed by atoms with van der Waals surface area (Å²) in [4.78, 5) is 37.9. The Hall–Kier alpha value is -3.93.